The molecule has 8 heteroatoms. The molecule has 30 heavy (non-hydrogen) atoms. The molecule has 0 saturated carbocycles. The van der Waals surface area contributed by atoms with Crippen molar-refractivity contribution in [1.29, 1.82) is 0 Å². The lowest BCUT2D eigenvalue weighted by atomic mass is 10.0. The van der Waals surface area contributed by atoms with Crippen molar-refractivity contribution < 1.29 is 17.9 Å². The van der Waals surface area contributed by atoms with Crippen LogP contribution in [0.25, 0.3) is 0 Å². The summed E-state index contributed by atoms with van der Waals surface area (Å²) in [5.41, 5.74) is 1.34. The van der Waals surface area contributed by atoms with Gasteiger partial charge in [0.15, 0.2) is 0 Å². The standard InChI is InChI=1S/C22H27ClN2O4S/c1-16-4-3-13-25(15-16)30(27,28)21-14-18(7-10-20(21)23)22(26)24-12-11-17-5-8-19(29-2)9-6-17/h5-10,14,16H,3-4,11-13,15H2,1-2H3,(H,24,26). The lowest BCUT2D eigenvalue weighted by molar-refractivity contribution is 0.0954. The van der Waals surface area contributed by atoms with Gasteiger partial charge in [-0.3, -0.25) is 4.79 Å². The van der Waals surface area contributed by atoms with Crippen molar-refractivity contribution in [3.63, 3.8) is 0 Å². The Kier molecular flexibility index (Phi) is 7.39. The van der Waals surface area contributed by atoms with Gasteiger partial charge >= 0.3 is 0 Å². The Balaban J connectivity index is 1.68. The fraction of sp³-hybridized carbons (Fsp3) is 0.409. The molecule has 1 fully saturated rings. The van der Waals surface area contributed by atoms with E-state index in [1.165, 1.54) is 16.4 Å². The normalized spacial score (nSPS) is 17.5. The molecule has 3 rings (SSSR count). The van der Waals surface area contributed by atoms with Crippen molar-refractivity contribution >= 4 is 27.5 Å². The van der Waals surface area contributed by atoms with Gasteiger partial charge in [-0.15, -0.1) is 0 Å². The highest BCUT2D eigenvalue weighted by Gasteiger charge is 2.30. The van der Waals surface area contributed by atoms with E-state index in [9.17, 15) is 13.2 Å². The predicted octanol–water partition coefficient (Wildman–Crippen LogP) is 3.74. The van der Waals surface area contributed by atoms with Gasteiger partial charge < -0.3 is 10.1 Å². The minimum absolute atomic E-state index is 0.0129. The Morgan fingerprint density at radius 2 is 1.97 bits per heavy atom. The Morgan fingerprint density at radius 1 is 1.23 bits per heavy atom. The average Bonchev–Trinajstić information content (AvgIpc) is 2.74. The van der Waals surface area contributed by atoms with Crippen molar-refractivity contribution in [3.8, 4) is 5.75 Å². The van der Waals surface area contributed by atoms with E-state index in [1.54, 1.807) is 13.2 Å². The zero-order valence-electron chi connectivity index (χ0n) is 17.2. The highest BCUT2D eigenvalue weighted by atomic mass is 35.5. The first kappa shape index (κ1) is 22.6. The molecule has 162 valence electrons. The van der Waals surface area contributed by atoms with Crippen LogP contribution in [0.4, 0.5) is 0 Å². The molecule has 2 aromatic carbocycles. The number of hydrogen-bond donors (Lipinski definition) is 1. The van der Waals surface area contributed by atoms with Gasteiger partial charge in [0, 0.05) is 25.2 Å². The molecule has 1 amide bonds. The van der Waals surface area contributed by atoms with Gasteiger partial charge in [-0.2, -0.15) is 4.31 Å². The van der Waals surface area contributed by atoms with Crippen molar-refractivity contribution in [2.45, 2.75) is 31.1 Å². The number of sulfonamides is 1. The second-order valence-corrected chi connectivity index (χ2v) is 9.92. The molecule has 0 bridgehead atoms. The highest BCUT2D eigenvalue weighted by molar-refractivity contribution is 7.89. The van der Waals surface area contributed by atoms with E-state index in [4.69, 9.17) is 16.3 Å². The van der Waals surface area contributed by atoms with Gasteiger partial charge in [-0.1, -0.05) is 30.7 Å². The first-order valence-corrected chi connectivity index (χ1v) is 11.8. The van der Waals surface area contributed by atoms with Gasteiger partial charge in [0.2, 0.25) is 10.0 Å². The fourth-order valence-electron chi connectivity index (χ4n) is 3.56. The van der Waals surface area contributed by atoms with E-state index in [0.717, 1.165) is 24.2 Å². The maximum Gasteiger partial charge on any atom is 0.251 e. The van der Waals surface area contributed by atoms with E-state index >= 15 is 0 Å². The molecule has 0 radical (unpaired) electrons. The first-order valence-electron chi connectivity index (χ1n) is 10.0. The fourth-order valence-corrected chi connectivity index (χ4v) is 5.66. The van der Waals surface area contributed by atoms with Crippen LogP contribution < -0.4 is 10.1 Å². The summed E-state index contributed by atoms with van der Waals surface area (Å²) in [6.45, 7) is 3.41. The van der Waals surface area contributed by atoms with Crippen LogP contribution in [-0.2, 0) is 16.4 Å². The van der Waals surface area contributed by atoms with Crippen LogP contribution in [0, 0.1) is 5.92 Å². The van der Waals surface area contributed by atoms with E-state index in [-0.39, 0.29) is 21.4 Å². The number of benzene rings is 2. The summed E-state index contributed by atoms with van der Waals surface area (Å²) in [4.78, 5) is 12.6. The van der Waals surface area contributed by atoms with Crippen molar-refractivity contribution in [2.24, 2.45) is 5.92 Å². The van der Waals surface area contributed by atoms with E-state index in [2.05, 4.69) is 5.32 Å². The molecule has 0 spiro atoms. The van der Waals surface area contributed by atoms with Gasteiger partial charge in [-0.05, 0) is 61.1 Å². The van der Waals surface area contributed by atoms with Gasteiger partial charge in [-0.25, -0.2) is 8.42 Å². The Hall–Kier alpha value is -2.09. The number of piperidine rings is 1. The average molecular weight is 451 g/mol. The lowest BCUT2D eigenvalue weighted by Crippen LogP contribution is -2.39. The summed E-state index contributed by atoms with van der Waals surface area (Å²) < 4.78 is 32.8. The van der Waals surface area contributed by atoms with Crippen molar-refractivity contribution in [3.05, 3.63) is 58.6 Å². The number of rotatable bonds is 7. The topological polar surface area (TPSA) is 75.7 Å². The summed E-state index contributed by atoms with van der Waals surface area (Å²) >= 11 is 6.20. The number of amides is 1. The van der Waals surface area contributed by atoms with Crippen LogP contribution in [0.15, 0.2) is 47.4 Å². The van der Waals surface area contributed by atoms with Crippen LogP contribution in [0.5, 0.6) is 5.75 Å². The van der Waals surface area contributed by atoms with E-state index < -0.39 is 10.0 Å². The summed E-state index contributed by atoms with van der Waals surface area (Å²) in [5, 5.41) is 2.97. The highest BCUT2D eigenvalue weighted by Crippen LogP contribution is 2.29. The zero-order chi connectivity index (χ0) is 21.7. The molecule has 1 unspecified atom stereocenters. The smallest absolute Gasteiger partial charge is 0.251 e. The number of nitrogens with zero attached hydrogens (tertiary/aromatic N) is 1. The van der Waals surface area contributed by atoms with Crippen LogP contribution in [0.1, 0.15) is 35.7 Å². The van der Waals surface area contributed by atoms with Crippen LogP contribution in [-0.4, -0.2) is 45.4 Å². The number of carbonyl (C=O) groups excluding carboxylic acids is 1. The maximum atomic E-state index is 13.1. The number of hydrogen-bond acceptors (Lipinski definition) is 4. The third-order valence-electron chi connectivity index (χ3n) is 5.29. The number of carbonyl (C=O) groups is 1. The van der Waals surface area contributed by atoms with Crippen LogP contribution in [0.3, 0.4) is 0 Å². The van der Waals surface area contributed by atoms with Crippen molar-refractivity contribution in [1.82, 2.24) is 9.62 Å². The Labute approximate surface area is 183 Å². The molecule has 1 heterocycles. The molecule has 1 atom stereocenters. The molecule has 1 saturated heterocycles. The van der Waals surface area contributed by atoms with Crippen LogP contribution in [0.2, 0.25) is 5.02 Å². The van der Waals surface area contributed by atoms with E-state index in [0.29, 0.717) is 32.0 Å². The van der Waals surface area contributed by atoms with E-state index in [1.807, 2.05) is 31.2 Å². The molecular weight excluding hydrogens is 424 g/mol. The zero-order valence-corrected chi connectivity index (χ0v) is 18.8. The Bertz CT molecular complexity index is 993. The monoisotopic (exact) mass is 450 g/mol. The summed E-state index contributed by atoms with van der Waals surface area (Å²) in [7, 11) is -2.13. The molecular formula is C22H27ClN2O4S. The minimum Gasteiger partial charge on any atom is -0.497 e. The third kappa shape index (κ3) is 5.33. The Morgan fingerprint density at radius 3 is 2.63 bits per heavy atom. The van der Waals surface area contributed by atoms with Crippen LogP contribution >= 0.6 is 11.6 Å². The lowest BCUT2D eigenvalue weighted by Gasteiger charge is -2.30. The molecule has 0 aromatic heterocycles. The predicted molar refractivity (Wildman–Crippen MR) is 118 cm³/mol. The molecule has 2 aromatic rings. The number of nitrogens with one attached hydrogen (secondary N) is 1. The summed E-state index contributed by atoms with van der Waals surface area (Å²) in [6.07, 6.45) is 2.49. The van der Waals surface area contributed by atoms with Gasteiger partial charge in [0.1, 0.15) is 10.6 Å². The summed E-state index contributed by atoms with van der Waals surface area (Å²) in [6, 6.07) is 12.0. The second-order valence-electron chi connectivity index (χ2n) is 7.61. The number of halogens is 1. The molecule has 1 N–H and O–H groups in total. The third-order valence-corrected chi connectivity index (χ3v) is 7.64. The van der Waals surface area contributed by atoms with Gasteiger partial charge in [0.05, 0.1) is 12.1 Å². The quantitative estimate of drug-likeness (QED) is 0.697. The molecule has 1 aliphatic rings. The minimum atomic E-state index is -3.74. The molecule has 0 aliphatic carbocycles. The number of methoxy groups -OCH3 is 1. The first-order chi connectivity index (χ1) is 14.3. The molecule has 6 nitrogen and oxygen atoms in total. The number of ether oxygens (including phenoxy) is 1. The van der Waals surface area contributed by atoms with Gasteiger partial charge in [0.25, 0.3) is 5.91 Å². The second kappa shape index (κ2) is 9.81. The maximum absolute atomic E-state index is 13.1. The largest absolute Gasteiger partial charge is 0.497 e. The summed E-state index contributed by atoms with van der Waals surface area (Å²) in [5.74, 6) is 0.751. The molecule has 1 aliphatic heterocycles. The van der Waals surface area contributed by atoms with Crippen molar-refractivity contribution in [2.75, 3.05) is 26.7 Å². The SMILES string of the molecule is COc1ccc(CCNC(=O)c2ccc(Cl)c(S(=O)(=O)N3CCCC(C)C3)c2)cc1.